The fraction of sp³-hybridized carbons (Fsp3) is 0.0667. The van der Waals surface area contributed by atoms with Gasteiger partial charge in [0.25, 0.3) is 5.91 Å². The zero-order valence-electron chi connectivity index (χ0n) is 21.0. The van der Waals surface area contributed by atoms with Gasteiger partial charge in [0.05, 0.1) is 33.8 Å². The van der Waals surface area contributed by atoms with Crippen molar-refractivity contribution in [1.29, 1.82) is 5.26 Å². The summed E-state index contributed by atoms with van der Waals surface area (Å²) < 4.78 is 39.0. The van der Waals surface area contributed by atoms with Gasteiger partial charge in [-0.05, 0) is 77.4 Å². The number of fused-ring (bicyclic) bond motifs is 1. The Morgan fingerprint density at radius 2 is 1.63 bits per heavy atom. The molecule has 0 aliphatic rings. The molecule has 0 aliphatic heterocycles. The summed E-state index contributed by atoms with van der Waals surface area (Å²) in [6, 6.07) is 23.2. The first kappa shape index (κ1) is 27.5. The largest absolute Gasteiger partial charge is 0.478 e. The number of carbonyl (C=O) groups is 2. The molecule has 11 heteroatoms. The zero-order valence-corrected chi connectivity index (χ0v) is 21.8. The molecule has 204 valence electrons. The number of aromatic nitrogens is 2. The van der Waals surface area contributed by atoms with Crippen molar-refractivity contribution in [3.8, 4) is 17.2 Å². The SMILES string of the molecule is N#Cc1ccc(-c2cc(C(=O)NCc3ccc(C(=O)O)cc3)c3c(Sc4ccc(C(F)(F)F)cc4)n[nH]c3c2)cc1. The lowest BCUT2D eigenvalue weighted by molar-refractivity contribution is -0.137. The Balaban J connectivity index is 1.50. The third-order valence-electron chi connectivity index (χ3n) is 6.27. The van der Waals surface area contributed by atoms with Gasteiger partial charge in [-0.25, -0.2) is 4.79 Å². The Labute approximate surface area is 235 Å². The molecule has 0 spiro atoms. The lowest BCUT2D eigenvalue weighted by Crippen LogP contribution is -2.23. The first-order chi connectivity index (χ1) is 19.6. The van der Waals surface area contributed by atoms with Gasteiger partial charge in [0.15, 0.2) is 0 Å². The standard InChI is InChI=1S/C30H19F3N4O3S/c31-30(32,33)22-9-11-23(12-10-22)41-28-26-24(27(38)35-16-18-3-7-20(8-4-18)29(39)40)13-21(14-25(26)36-37-28)19-5-1-17(15-34)2-6-19/h1-14H,16H2,(H,35,38)(H,36,37)(H,39,40). The number of halogens is 3. The number of amides is 1. The Morgan fingerprint density at radius 3 is 2.24 bits per heavy atom. The van der Waals surface area contributed by atoms with Crippen LogP contribution in [-0.4, -0.2) is 27.2 Å². The molecule has 1 aromatic heterocycles. The minimum Gasteiger partial charge on any atom is -0.478 e. The molecule has 0 unspecified atom stereocenters. The lowest BCUT2D eigenvalue weighted by atomic mass is 9.99. The quantitative estimate of drug-likeness (QED) is 0.195. The molecule has 7 nitrogen and oxygen atoms in total. The van der Waals surface area contributed by atoms with Crippen LogP contribution < -0.4 is 5.32 Å². The van der Waals surface area contributed by atoms with E-state index in [0.29, 0.717) is 37.5 Å². The summed E-state index contributed by atoms with van der Waals surface area (Å²) in [5.41, 5.74) is 2.80. The molecule has 0 fully saturated rings. The summed E-state index contributed by atoms with van der Waals surface area (Å²) in [5.74, 6) is -1.48. The van der Waals surface area contributed by atoms with Gasteiger partial charge in [-0.2, -0.15) is 23.5 Å². The Bertz CT molecular complexity index is 1790. The van der Waals surface area contributed by atoms with Crippen LogP contribution in [-0.2, 0) is 12.7 Å². The number of hydrogen-bond acceptors (Lipinski definition) is 5. The van der Waals surface area contributed by atoms with Crippen molar-refractivity contribution < 1.29 is 27.9 Å². The summed E-state index contributed by atoms with van der Waals surface area (Å²) in [7, 11) is 0. The highest BCUT2D eigenvalue weighted by Crippen LogP contribution is 2.37. The van der Waals surface area contributed by atoms with Crippen LogP contribution in [0.3, 0.4) is 0 Å². The van der Waals surface area contributed by atoms with E-state index in [1.165, 1.54) is 24.3 Å². The van der Waals surface area contributed by atoms with Crippen molar-refractivity contribution in [1.82, 2.24) is 15.5 Å². The number of carboxylic acid groups (broad SMARTS) is 1. The van der Waals surface area contributed by atoms with Crippen molar-refractivity contribution in [2.75, 3.05) is 0 Å². The highest BCUT2D eigenvalue weighted by atomic mass is 32.2. The average molecular weight is 573 g/mol. The van der Waals surface area contributed by atoms with E-state index in [4.69, 9.17) is 10.4 Å². The van der Waals surface area contributed by atoms with E-state index >= 15 is 0 Å². The van der Waals surface area contributed by atoms with Crippen LogP contribution in [0.5, 0.6) is 0 Å². The number of aromatic carboxylic acids is 1. The minimum absolute atomic E-state index is 0.125. The number of carbonyl (C=O) groups excluding carboxylic acids is 1. The van der Waals surface area contributed by atoms with Gasteiger partial charge >= 0.3 is 12.1 Å². The molecule has 1 heterocycles. The van der Waals surface area contributed by atoms with Gasteiger partial charge in [-0.1, -0.05) is 36.0 Å². The number of nitrogens with one attached hydrogen (secondary N) is 2. The monoisotopic (exact) mass is 572 g/mol. The fourth-order valence-corrected chi connectivity index (χ4v) is 5.06. The van der Waals surface area contributed by atoms with Gasteiger partial charge in [0.1, 0.15) is 5.03 Å². The second kappa shape index (κ2) is 11.2. The predicted molar refractivity (Wildman–Crippen MR) is 146 cm³/mol. The smallest absolute Gasteiger partial charge is 0.416 e. The molecule has 0 saturated carbocycles. The molecule has 5 aromatic rings. The van der Waals surface area contributed by atoms with Gasteiger partial charge in [0.2, 0.25) is 0 Å². The Hall–Kier alpha value is -5.08. The number of carboxylic acids is 1. The zero-order chi connectivity index (χ0) is 29.1. The number of rotatable bonds is 7. The molecular formula is C30H19F3N4O3S. The van der Waals surface area contributed by atoms with Crippen molar-refractivity contribution in [3.63, 3.8) is 0 Å². The Kier molecular flexibility index (Phi) is 7.50. The van der Waals surface area contributed by atoms with Gasteiger partial charge in [-0.15, -0.1) is 0 Å². The molecule has 0 saturated heterocycles. The molecule has 0 aliphatic carbocycles. The molecule has 0 radical (unpaired) electrons. The number of nitrogens with zero attached hydrogens (tertiary/aromatic N) is 2. The lowest BCUT2D eigenvalue weighted by Gasteiger charge is -2.11. The second-order valence-electron chi connectivity index (χ2n) is 8.97. The number of hydrogen-bond donors (Lipinski definition) is 3. The molecule has 41 heavy (non-hydrogen) atoms. The molecular weight excluding hydrogens is 553 g/mol. The number of alkyl halides is 3. The first-order valence-corrected chi connectivity index (χ1v) is 12.9. The summed E-state index contributed by atoms with van der Waals surface area (Å²) in [6.45, 7) is 0.126. The van der Waals surface area contributed by atoms with E-state index < -0.39 is 23.6 Å². The van der Waals surface area contributed by atoms with E-state index in [0.717, 1.165) is 29.5 Å². The topological polar surface area (TPSA) is 119 Å². The summed E-state index contributed by atoms with van der Waals surface area (Å²) in [5, 5.41) is 29.3. The van der Waals surface area contributed by atoms with Gasteiger partial charge in [-0.3, -0.25) is 9.89 Å². The highest BCUT2D eigenvalue weighted by molar-refractivity contribution is 7.99. The molecule has 0 atom stereocenters. The summed E-state index contributed by atoms with van der Waals surface area (Å²) in [4.78, 5) is 25.2. The van der Waals surface area contributed by atoms with Crippen LogP contribution in [0.2, 0.25) is 0 Å². The average Bonchev–Trinajstić information content (AvgIpc) is 3.38. The molecule has 3 N–H and O–H groups in total. The van der Waals surface area contributed by atoms with Crippen LogP contribution in [0.25, 0.3) is 22.0 Å². The molecule has 5 rings (SSSR count). The third kappa shape index (κ3) is 6.08. The van der Waals surface area contributed by atoms with Crippen LogP contribution in [0.15, 0.2) is 94.9 Å². The number of aromatic amines is 1. The first-order valence-electron chi connectivity index (χ1n) is 12.1. The second-order valence-corrected chi connectivity index (χ2v) is 10.0. The molecule has 1 amide bonds. The van der Waals surface area contributed by atoms with Crippen LogP contribution >= 0.6 is 11.8 Å². The number of H-pyrrole nitrogens is 1. The predicted octanol–water partition coefficient (Wildman–Crippen LogP) is 6.90. The van der Waals surface area contributed by atoms with Crippen molar-refractivity contribution in [3.05, 3.63) is 113 Å². The minimum atomic E-state index is -4.46. The van der Waals surface area contributed by atoms with E-state index in [9.17, 15) is 22.8 Å². The maximum atomic E-state index is 13.5. The maximum Gasteiger partial charge on any atom is 0.416 e. The van der Waals surface area contributed by atoms with E-state index in [1.54, 1.807) is 42.5 Å². The van der Waals surface area contributed by atoms with Gasteiger partial charge < -0.3 is 10.4 Å². The Morgan fingerprint density at radius 1 is 0.951 bits per heavy atom. The maximum absolute atomic E-state index is 13.5. The van der Waals surface area contributed by atoms with E-state index in [-0.39, 0.29) is 17.7 Å². The number of nitriles is 1. The third-order valence-corrected chi connectivity index (χ3v) is 7.27. The van der Waals surface area contributed by atoms with E-state index in [2.05, 4.69) is 21.6 Å². The fourth-order valence-electron chi connectivity index (χ4n) is 4.15. The van der Waals surface area contributed by atoms with E-state index in [1.807, 2.05) is 6.07 Å². The van der Waals surface area contributed by atoms with Crippen molar-refractivity contribution in [2.24, 2.45) is 0 Å². The van der Waals surface area contributed by atoms with Crippen LogP contribution in [0.1, 0.15) is 37.4 Å². The summed E-state index contributed by atoms with van der Waals surface area (Å²) in [6.07, 6.45) is -4.46. The van der Waals surface area contributed by atoms with Gasteiger partial charge in [0, 0.05) is 16.8 Å². The normalized spacial score (nSPS) is 11.3. The van der Waals surface area contributed by atoms with Crippen molar-refractivity contribution in [2.45, 2.75) is 22.6 Å². The number of benzene rings is 4. The highest BCUT2D eigenvalue weighted by Gasteiger charge is 2.30. The molecule has 4 aromatic carbocycles. The summed E-state index contributed by atoms with van der Waals surface area (Å²) >= 11 is 1.12. The van der Waals surface area contributed by atoms with Crippen LogP contribution in [0.4, 0.5) is 13.2 Å². The van der Waals surface area contributed by atoms with Crippen LogP contribution in [0, 0.1) is 11.3 Å². The van der Waals surface area contributed by atoms with Crippen molar-refractivity contribution >= 4 is 34.5 Å². The molecule has 0 bridgehead atoms.